The number of nitrogens with zero attached hydrogens (tertiary/aromatic N) is 3. The summed E-state index contributed by atoms with van der Waals surface area (Å²) in [6, 6.07) is 6.00. The smallest absolute Gasteiger partial charge is 0.271 e. The van der Waals surface area contributed by atoms with Crippen LogP contribution in [-0.4, -0.2) is 38.7 Å². The molecule has 0 aliphatic carbocycles. The first-order chi connectivity index (χ1) is 14.0. The molecule has 0 saturated carbocycles. The lowest BCUT2D eigenvalue weighted by molar-refractivity contribution is 0.0928. The number of aryl methyl sites for hydroxylation is 1. The predicted molar refractivity (Wildman–Crippen MR) is 110 cm³/mol. The number of amides is 1. The third-order valence-corrected chi connectivity index (χ3v) is 4.86. The fourth-order valence-electron chi connectivity index (χ4n) is 3.65. The van der Waals surface area contributed by atoms with Crippen LogP contribution in [0.2, 0.25) is 0 Å². The van der Waals surface area contributed by atoms with Crippen LogP contribution in [0, 0.1) is 12.8 Å². The summed E-state index contributed by atoms with van der Waals surface area (Å²) in [4.78, 5) is 21.0. The number of carbonyl (C=O) groups is 1. The van der Waals surface area contributed by atoms with Gasteiger partial charge in [0.15, 0.2) is 0 Å². The zero-order valence-corrected chi connectivity index (χ0v) is 16.9. The summed E-state index contributed by atoms with van der Waals surface area (Å²) < 4.78 is 6.18. The molecular weight excluding hydrogens is 366 g/mol. The molecule has 4 rings (SSSR count). The van der Waals surface area contributed by atoms with Crippen LogP contribution in [0.3, 0.4) is 0 Å². The van der Waals surface area contributed by atoms with Crippen LogP contribution in [0.15, 0.2) is 36.8 Å². The summed E-state index contributed by atoms with van der Waals surface area (Å²) in [7, 11) is 0. The van der Waals surface area contributed by atoms with E-state index in [1.165, 1.54) is 0 Å². The number of aromatic nitrogens is 4. The molecule has 1 atom stereocenters. The lowest BCUT2D eigenvalue weighted by Crippen LogP contribution is -2.34. The molecule has 29 heavy (non-hydrogen) atoms. The molecule has 3 aromatic rings. The third-order valence-electron chi connectivity index (χ3n) is 4.86. The van der Waals surface area contributed by atoms with Gasteiger partial charge in [-0.05, 0) is 42.5 Å². The van der Waals surface area contributed by atoms with Gasteiger partial charge < -0.3 is 10.1 Å². The van der Waals surface area contributed by atoms with E-state index in [2.05, 4.69) is 58.4 Å². The average molecular weight is 391 g/mol. The SMILES string of the molecule is Cc1cc2c(c(-c3cnccn3)c1)O[C@@H](CNC(=O)c1cc(CC(C)C)[nH]n1)C2. The molecule has 1 aromatic carbocycles. The van der Waals surface area contributed by atoms with Crippen molar-refractivity contribution in [3.63, 3.8) is 0 Å². The van der Waals surface area contributed by atoms with Gasteiger partial charge in [-0.1, -0.05) is 19.9 Å². The van der Waals surface area contributed by atoms with Gasteiger partial charge in [0, 0.05) is 30.1 Å². The topological polar surface area (TPSA) is 92.8 Å². The standard InChI is InChI=1S/C22H25N5O2/c1-13(2)6-16-10-19(27-26-16)22(28)25-11-17-9-15-7-14(3)8-18(21(15)29-17)20-12-23-4-5-24-20/h4-5,7-8,10,12-13,17H,6,9,11H2,1-3H3,(H,25,28)(H,26,27)/t17-/m1/s1. The fourth-order valence-corrected chi connectivity index (χ4v) is 3.65. The Bertz CT molecular complexity index is 1010. The van der Waals surface area contributed by atoms with Crippen LogP contribution in [0.1, 0.15) is 41.2 Å². The van der Waals surface area contributed by atoms with Crippen molar-refractivity contribution in [3.05, 3.63) is 59.3 Å². The Balaban J connectivity index is 1.42. The van der Waals surface area contributed by atoms with Gasteiger partial charge >= 0.3 is 0 Å². The molecular formula is C22H25N5O2. The van der Waals surface area contributed by atoms with E-state index in [4.69, 9.17) is 4.74 Å². The molecule has 1 aliphatic heterocycles. The van der Waals surface area contributed by atoms with Gasteiger partial charge in [-0.15, -0.1) is 0 Å². The largest absolute Gasteiger partial charge is 0.487 e. The van der Waals surface area contributed by atoms with E-state index in [0.717, 1.165) is 46.7 Å². The highest BCUT2D eigenvalue weighted by Gasteiger charge is 2.27. The first-order valence-electron chi connectivity index (χ1n) is 9.88. The molecule has 7 nitrogen and oxygen atoms in total. The molecule has 0 fully saturated rings. The first kappa shape index (κ1) is 19.1. The molecule has 7 heteroatoms. The molecule has 2 N–H and O–H groups in total. The summed E-state index contributed by atoms with van der Waals surface area (Å²) in [5.41, 5.74) is 5.38. The highest BCUT2D eigenvalue weighted by Crippen LogP contribution is 2.38. The number of carbonyl (C=O) groups excluding carboxylic acids is 1. The van der Waals surface area contributed by atoms with Gasteiger partial charge in [0.2, 0.25) is 0 Å². The Labute approximate surface area is 169 Å². The summed E-state index contributed by atoms with van der Waals surface area (Å²) in [6.45, 7) is 6.74. The van der Waals surface area contributed by atoms with Gasteiger partial charge in [-0.3, -0.25) is 19.9 Å². The highest BCUT2D eigenvalue weighted by molar-refractivity contribution is 5.92. The number of nitrogens with one attached hydrogen (secondary N) is 2. The van der Waals surface area contributed by atoms with E-state index in [1.807, 2.05) is 6.07 Å². The molecule has 0 radical (unpaired) electrons. The van der Waals surface area contributed by atoms with E-state index < -0.39 is 0 Å². The molecule has 1 amide bonds. The van der Waals surface area contributed by atoms with Crippen molar-refractivity contribution < 1.29 is 9.53 Å². The molecule has 3 heterocycles. The monoisotopic (exact) mass is 391 g/mol. The highest BCUT2D eigenvalue weighted by atomic mass is 16.5. The van der Waals surface area contributed by atoms with Gasteiger partial charge in [0.05, 0.1) is 18.4 Å². The van der Waals surface area contributed by atoms with E-state index in [0.29, 0.717) is 18.2 Å². The van der Waals surface area contributed by atoms with Crippen LogP contribution >= 0.6 is 0 Å². The second kappa shape index (κ2) is 8.03. The lowest BCUT2D eigenvalue weighted by atomic mass is 10.0. The van der Waals surface area contributed by atoms with Gasteiger partial charge in [0.1, 0.15) is 17.5 Å². The van der Waals surface area contributed by atoms with Crippen molar-refractivity contribution in [3.8, 4) is 17.0 Å². The number of rotatable bonds is 6. The molecule has 0 spiro atoms. The molecule has 1 aliphatic rings. The Morgan fingerprint density at radius 1 is 1.31 bits per heavy atom. The number of aromatic amines is 1. The normalized spacial score (nSPS) is 15.2. The maximum absolute atomic E-state index is 12.4. The van der Waals surface area contributed by atoms with Crippen molar-refractivity contribution in [1.29, 1.82) is 0 Å². The quantitative estimate of drug-likeness (QED) is 0.673. The third kappa shape index (κ3) is 4.29. The number of hydrogen-bond acceptors (Lipinski definition) is 5. The average Bonchev–Trinajstić information content (AvgIpc) is 3.32. The lowest BCUT2D eigenvalue weighted by Gasteiger charge is -2.13. The van der Waals surface area contributed by atoms with Crippen LogP contribution in [0.25, 0.3) is 11.3 Å². The molecule has 0 saturated heterocycles. The molecule has 150 valence electrons. The minimum atomic E-state index is -0.193. The molecule has 0 bridgehead atoms. The Morgan fingerprint density at radius 3 is 2.93 bits per heavy atom. The summed E-state index contributed by atoms with van der Waals surface area (Å²) in [6.07, 6.45) is 6.55. The zero-order chi connectivity index (χ0) is 20.4. The van der Waals surface area contributed by atoms with Gasteiger partial charge in [0.25, 0.3) is 5.91 Å². The van der Waals surface area contributed by atoms with Gasteiger partial charge in [-0.25, -0.2) is 0 Å². The fraction of sp³-hybridized carbons (Fsp3) is 0.364. The predicted octanol–water partition coefficient (Wildman–Crippen LogP) is 3.11. The van der Waals surface area contributed by atoms with E-state index in [9.17, 15) is 4.79 Å². The maximum atomic E-state index is 12.4. The molecule has 2 aromatic heterocycles. The van der Waals surface area contributed by atoms with Crippen molar-refractivity contribution in [1.82, 2.24) is 25.5 Å². The minimum absolute atomic E-state index is 0.125. The van der Waals surface area contributed by atoms with Gasteiger partial charge in [-0.2, -0.15) is 5.10 Å². The summed E-state index contributed by atoms with van der Waals surface area (Å²) in [5, 5.41) is 10.0. The zero-order valence-electron chi connectivity index (χ0n) is 16.9. The van der Waals surface area contributed by atoms with E-state index in [-0.39, 0.29) is 12.0 Å². The van der Waals surface area contributed by atoms with Crippen LogP contribution in [0.5, 0.6) is 5.75 Å². The van der Waals surface area contributed by atoms with Crippen LogP contribution in [0.4, 0.5) is 0 Å². The maximum Gasteiger partial charge on any atom is 0.271 e. The number of benzene rings is 1. The van der Waals surface area contributed by atoms with Crippen molar-refractivity contribution in [2.45, 2.75) is 39.7 Å². The second-order valence-corrected chi connectivity index (χ2v) is 7.92. The number of H-pyrrole nitrogens is 1. The summed E-state index contributed by atoms with van der Waals surface area (Å²) in [5.74, 6) is 1.14. The number of ether oxygens (including phenoxy) is 1. The van der Waals surface area contributed by atoms with E-state index >= 15 is 0 Å². The number of fused-ring (bicyclic) bond motifs is 1. The van der Waals surface area contributed by atoms with Crippen molar-refractivity contribution in [2.75, 3.05) is 6.54 Å². The van der Waals surface area contributed by atoms with Crippen LogP contribution < -0.4 is 10.1 Å². The first-order valence-corrected chi connectivity index (χ1v) is 9.88. The Morgan fingerprint density at radius 2 is 2.17 bits per heavy atom. The minimum Gasteiger partial charge on any atom is -0.487 e. The Hall–Kier alpha value is -3.22. The Kier molecular flexibility index (Phi) is 5.29. The molecule has 0 unspecified atom stereocenters. The van der Waals surface area contributed by atoms with Crippen molar-refractivity contribution >= 4 is 5.91 Å². The number of hydrogen-bond donors (Lipinski definition) is 2. The van der Waals surface area contributed by atoms with Crippen molar-refractivity contribution in [2.24, 2.45) is 5.92 Å². The second-order valence-electron chi connectivity index (χ2n) is 7.92. The van der Waals surface area contributed by atoms with E-state index in [1.54, 1.807) is 18.6 Å². The summed E-state index contributed by atoms with van der Waals surface area (Å²) >= 11 is 0. The van der Waals surface area contributed by atoms with Crippen LogP contribution in [-0.2, 0) is 12.8 Å².